The number of nitro benzene ring substituents is 1. The molecule has 0 saturated carbocycles. The van der Waals surface area contributed by atoms with E-state index in [4.69, 9.17) is 37.4 Å². The number of rotatable bonds is 7. The first kappa shape index (κ1) is 20.6. The van der Waals surface area contributed by atoms with Gasteiger partial charge in [-0.2, -0.15) is 0 Å². The van der Waals surface area contributed by atoms with Crippen LogP contribution in [0.4, 0.5) is 5.69 Å². The second kappa shape index (κ2) is 8.79. The van der Waals surface area contributed by atoms with Crippen LogP contribution in [0.1, 0.15) is 15.9 Å². The van der Waals surface area contributed by atoms with Gasteiger partial charge < -0.3 is 19.5 Å². The van der Waals surface area contributed by atoms with Gasteiger partial charge in [-0.25, -0.2) is 0 Å². The molecule has 8 nitrogen and oxygen atoms in total. The predicted octanol–water partition coefficient (Wildman–Crippen LogP) is 3.86. The molecule has 0 atom stereocenters. The number of methoxy groups -OCH3 is 3. The molecule has 2 aromatic rings. The number of carbonyl (C=O) groups is 1. The third-order valence-electron chi connectivity index (χ3n) is 3.69. The second-order valence-electron chi connectivity index (χ2n) is 5.22. The van der Waals surface area contributed by atoms with Crippen LogP contribution in [0.15, 0.2) is 24.3 Å². The number of benzene rings is 2. The van der Waals surface area contributed by atoms with Gasteiger partial charge in [-0.15, -0.1) is 0 Å². The zero-order valence-electron chi connectivity index (χ0n) is 14.7. The highest BCUT2D eigenvalue weighted by Crippen LogP contribution is 2.46. The molecule has 0 aromatic heterocycles. The first-order valence-corrected chi connectivity index (χ1v) is 8.29. The highest BCUT2D eigenvalue weighted by atomic mass is 35.5. The van der Waals surface area contributed by atoms with E-state index >= 15 is 0 Å². The normalized spacial score (nSPS) is 10.3. The highest BCUT2D eigenvalue weighted by Gasteiger charge is 2.32. The molecule has 0 saturated heterocycles. The lowest BCUT2D eigenvalue weighted by molar-refractivity contribution is -0.386. The van der Waals surface area contributed by atoms with Crippen molar-refractivity contribution in [2.75, 3.05) is 21.3 Å². The van der Waals surface area contributed by atoms with Crippen molar-refractivity contribution in [3.8, 4) is 17.2 Å². The van der Waals surface area contributed by atoms with Gasteiger partial charge in [0.1, 0.15) is 5.56 Å². The van der Waals surface area contributed by atoms with Crippen molar-refractivity contribution in [2.24, 2.45) is 0 Å². The average Bonchev–Trinajstić information content (AvgIpc) is 2.64. The Morgan fingerprint density at radius 3 is 2.30 bits per heavy atom. The van der Waals surface area contributed by atoms with E-state index < -0.39 is 16.5 Å². The molecule has 0 bridgehead atoms. The van der Waals surface area contributed by atoms with Crippen LogP contribution >= 0.6 is 23.2 Å². The molecule has 0 spiro atoms. The predicted molar refractivity (Wildman–Crippen MR) is 100 cm³/mol. The SMILES string of the molecule is COc1cc(C(=O)NCc2ccc(Cl)cc2Cl)c([N+](=O)[O-])c(OC)c1OC. The number of hydrogen-bond acceptors (Lipinski definition) is 6. The van der Waals surface area contributed by atoms with Crippen molar-refractivity contribution in [1.29, 1.82) is 0 Å². The van der Waals surface area contributed by atoms with E-state index in [1.807, 2.05) is 0 Å². The number of nitro groups is 1. The van der Waals surface area contributed by atoms with Gasteiger partial charge in [0.05, 0.1) is 26.3 Å². The third kappa shape index (κ3) is 4.35. The van der Waals surface area contributed by atoms with Crippen LogP contribution in [0, 0.1) is 10.1 Å². The highest BCUT2D eigenvalue weighted by molar-refractivity contribution is 6.35. The average molecular weight is 415 g/mol. The summed E-state index contributed by atoms with van der Waals surface area (Å²) in [6.07, 6.45) is 0. The maximum Gasteiger partial charge on any atom is 0.327 e. The number of amides is 1. The summed E-state index contributed by atoms with van der Waals surface area (Å²) in [7, 11) is 3.89. The fourth-order valence-electron chi connectivity index (χ4n) is 2.43. The first-order valence-electron chi connectivity index (χ1n) is 7.53. The molecule has 0 fully saturated rings. The lowest BCUT2D eigenvalue weighted by Crippen LogP contribution is -2.24. The summed E-state index contributed by atoms with van der Waals surface area (Å²) >= 11 is 11.9. The number of hydrogen-bond donors (Lipinski definition) is 1. The lowest BCUT2D eigenvalue weighted by atomic mass is 10.1. The van der Waals surface area contributed by atoms with E-state index in [0.717, 1.165) is 0 Å². The number of nitrogens with one attached hydrogen (secondary N) is 1. The molecule has 0 aliphatic carbocycles. The number of nitrogens with zero attached hydrogens (tertiary/aromatic N) is 1. The maximum atomic E-state index is 12.6. The summed E-state index contributed by atoms with van der Waals surface area (Å²) in [5, 5.41) is 15.0. The Balaban J connectivity index is 2.43. The molecule has 27 heavy (non-hydrogen) atoms. The number of halogens is 2. The van der Waals surface area contributed by atoms with E-state index in [-0.39, 0.29) is 29.4 Å². The van der Waals surface area contributed by atoms with Gasteiger partial charge >= 0.3 is 5.69 Å². The lowest BCUT2D eigenvalue weighted by Gasteiger charge is -2.15. The van der Waals surface area contributed by atoms with Gasteiger partial charge in [0.25, 0.3) is 5.91 Å². The molecular weight excluding hydrogens is 399 g/mol. The zero-order chi connectivity index (χ0) is 20.1. The Kier molecular flexibility index (Phi) is 6.70. The zero-order valence-corrected chi connectivity index (χ0v) is 16.2. The van der Waals surface area contributed by atoms with Crippen LogP contribution in [-0.4, -0.2) is 32.2 Å². The smallest absolute Gasteiger partial charge is 0.327 e. The molecule has 0 radical (unpaired) electrons. The Morgan fingerprint density at radius 2 is 1.78 bits per heavy atom. The van der Waals surface area contributed by atoms with Crippen LogP contribution in [-0.2, 0) is 6.54 Å². The van der Waals surface area contributed by atoms with Crippen molar-refractivity contribution < 1.29 is 23.9 Å². The first-order chi connectivity index (χ1) is 12.8. The van der Waals surface area contributed by atoms with Crippen LogP contribution in [0.2, 0.25) is 10.0 Å². The van der Waals surface area contributed by atoms with Gasteiger partial charge in [0.2, 0.25) is 11.5 Å². The van der Waals surface area contributed by atoms with Gasteiger partial charge in [0, 0.05) is 22.7 Å². The molecule has 1 N–H and O–H groups in total. The van der Waals surface area contributed by atoms with Gasteiger partial charge in [-0.05, 0) is 17.7 Å². The summed E-state index contributed by atoms with van der Waals surface area (Å²) < 4.78 is 15.4. The molecule has 10 heteroatoms. The van der Waals surface area contributed by atoms with E-state index in [9.17, 15) is 14.9 Å². The molecule has 144 valence electrons. The minimum atomic E-state index is -0.717. The Bertz CT molecular complexity index is 888. The van der Waals surface area contributed by atoms with Gasteiger partial charge in [0.15, 0.2) is 5.75 Å². The Hall–Kier alpha value is -2.71. The molecule has 0 aliphatic heterocycles. The van der Waals surface area contributed by atoms with Crippen molar-refractivity contribution in [3.05, 3.63) is 55.6 Å². The number of ether oxygens (including phenoxy) is 3. The summed E-state index contributed by atoms with van der Waals surface area (Å²) in [5.74, 6) is -0.776. The molecule has 1 amide bonds. The van der Waals surface area contributed by atoms with Crippen molar-refractivity contribution in [1.82, 2.24) is 5.32 Å². The largest absolute Gasteiger partial charge is 0.493 e. The van der Waals surface area contributed by atoms with Crippen LogP contribution < -0.4 is 19.5 Å². The molecular formula is C17H16Cl2N2O6. The fraction of sp³-hybridized carbons (Fsp3) is 0.235. The Morgan fingerprint density at radius 1 is 1.11 bits per heavy atom. The monoisotopic (exact) mass is 414 g/mol. The van der Waals surface area contributed by atoms with Gasteiger partial charge in [-0.1, -0.05) is 29.3 Å². The molecule has 0 unspecified atom stereocenters. The summed E-state index contributed by atoms with van der Waals surface area (Å²) in [6, 6.07) is 6.02. The maximum absolute atomic E-state index is 12.6. The van der Waals surface area contributed by atoms with Crippen LogP contribution in [0.25, 0.3) is 0 Å². The molecule has 2 rings (SSSR count). The molecule has 0 heterocycles. The van der Waals surface area contributed by atoms with E-state index in [2.05, 4.69) is 5.32 Å². The summed E-state index contributed by atoms with van der Waals surface area (Å²) in [5.41, 5.74) is -0.168. The fourth-order valence-corrected chi connectivity index (χ4v) is 2.91. The number of carbonyl (C=O) groups excluding carboxylic acids is 1. The van der Waals surface area contributed by atoms with E-state index in [1.54, 1.807) is 12.1 Å². The van der Waals surface area contributed by atoms with Crippen LogP contribution in [0.5, 0.6) is 17.2 Å². The molecule has 2 aromatic carbocycles. The minimum Gasteiger partial charge on any atom is -0.493 e. The van der Waals surface area contributed by atoms with Crippen molar-refractivity contribution in [3.63, 3.8) is 0 Å². The Labute approximate surface area is 165 Å². The molecule has 0 aliphatic rings. The standard InChI is InChI=1S/C17H16Cl2N2O6/c1-25-13-7-11(14(21(23)24)16(27-3)15(13)26-2)17(22)20-8-9-4-5-10(18)6-12(9)19/h4-7H,8H2,1-3H3,(H,20,22). The van der Waals surface area contributed by atoms with Crippen molar-refractivity contribution in [2.45, 2.75) is 6.54 Å². The second-order valence-corrected chi connectivity index (χ2v) is 6.06. The topological polar surface area (TPSA) is 99.9 Å². The van der Waals surface area contributed by atoms with Crippen molar-refractivity contribution >= 4 is 34.8 Å². The quantitative estimate of drug-likeness (QED) is 0.545. The van der Waals surface area contributed by atoms with Crippen LogP contribution in [0.3, 0.4) is 0 Å². The van der Waals surface area contributed by atoms with E-state index in [0.29, 0.717) is 15.6 Å². The van der Waals surface area contributed by atoms with Gasteiger partial charge in [-0.3, -0.25) is 14.9 Å². The summed E-state index contributed by atoms with van der Waals surface area (Å²) in [6.45, 7) is 0.0443. The summed E-state index contributed by atoms with van der Waals surface area (Å²) in [4.78, 5) is 23.5. The third-order valence-corrected chi connectivity index (χ3v) is 4.27. The minimum absolute atomic E-state index is 0.0176. The van der Waals surface area contributed by atoms with E-state index in [1.165, 1.54) is 33.5 Å².